The lowest BCUT2D eigenvalue weighted by Crippen LogP contribution is -2.01. The van der Waals surface area contributed by atoms with Crippen LogP contribution >= 0.6 is 11.3 Å². The SMILES string of the molecule is CC(=O)c1sc(NCc2cccc(C)c2)c(C2CC2)c1N. The van der Waals surface area contributed by atoms with Crippen molar-refractivity contribution in [1.82, 2.24) is 0 Å². The van der Waals surface area contributed by atoms with Gasteiger partial charge in [-0.2, -0.15) is 0 Å². The van der Waals surface area contributed by atoms with Gasteiger partial charge in [0.05, 0.1) is 15.6 Å². The summed E-state index contributed by atoms with van der Waals surface area (Å²) in [5.74, 6) is 0.595. The van der Waals surface area contributed by atoms with Crippen LogP contribution in [-0.2, 0) is 6.54 Å². The number of rotatable bonds is 5. The van der Waals surface area contributed by atoms with E-state index in [0.29, 0.717) is 16.5 Å². The van der Waals surface area contributed by atoms with Crippen molar-refractivity contribution in [3.63, 3.8) is 0 Å². The molecular formula is C17H20N2OS. The number of thiophene rings is 1. The molecule has 0 amide bonds. The van der Waals surface area contributed by atoms with Crippen molar-refractivity contribution in [2.24, 2.45) is 0 Å². The van der Waals surface area contributed by atoms with E-state index in [9.17, 15) is 4.79 Å². The second kappa shape index (κ2) is 5.53. The first kappa shape index (κ1) is 14.1. The van der Waals surface area contributed by atoms with E-state index in [1.165, 1.54) is 35.3 Å². The minimum atomic E-state index is 0.0583. The van der Waals surface area contributed by atoms with Gasteiger partial charge in [0.2, 0.25) is 0 Å². The van der Waals surface area contributed by atoms with Crippen molar-refractivity contribution < 1.29 is 4.79 Å². The zero-order chi connectivity index (χ0) is 15.0. The molecule has 2 aromatic rings. The number of nitrogens with two attached hydrogens (primary N) is 1. The van der Waals surface area contributed by atoms with E-state index >= 15 is 0 Å². The van der Waals surface area contributed by atoms with Crippen LogP contribution in [0.25, 0.3) is 0 Å². The molecule has 1 fully saturated rings. The second-order valence-corrected chi connectivity index (χ2v) is 6.78. The monoisotopic (exact) mass is 300 g/mol. The van der Waals surface area contributed by atoms with Crippen LogP contribution in [0.15, 0.2) is 24.3 Å². The minimum Gasteiger partial charge on any atom is -0.397 e. The summed E-state index contributed by atoms with van der Waals surface area (Å²) in [6.07, 6.45) is 2.36. The third kappa shape index (κ3) is 2.95. The van der Waals surface area contributed by atoms with Crippen LogP contribution in [0, 0.1) is 6.92 Å². The van der Waals surface area contributed by atoms with Gasteiger partial charge in [0, 0.05) is 19.0 Å². The third-order valence-corrected chi connectivity index (χ3v) is 5.10. The van der Waals surface area contributed by atoms with Gasteiger partial charge >= 0.3 is 0 Å². The fourth-order valence-corrected chi connectivity index (χ4v) is 3.73. The average Bonchev–Trinajstić information content (AvgIpc) is 3.20. The fourth-order valence-electron chi connectivity index (χ4n) is 2.63. The third-order valence-electron chi connectivity index (χ3n) is 3.82. The Kier molecular flexibility index (Phi) is 3.72. The standard InChI is InChI=1S/C17H20N2OS/c1-10-4-3-5-12(8-10)9-19-17-14(13-6-7-13)15(18)16(21-17)11(2)20/h3-5,8,13,19H,6-7,9,18H2,1-2H3. The number of Topliss-reactive ketones (excluding diaryl/α,β-unsaturated/α-hetero) is 1. The Bertz CT molecular complexity index is 686. The van der Waals surface area contributed by atoms with E-state index in [1.54, 1.807) is 6.92 Å². The van der Waals surface area contributed by atoms with Crippen molar-refractivity contribution in [3.8, 4) is 0 Å². The number of ketones is 1. The second-order valence-electron chi connectivity index (χ2n) is 5.76. The number of hydrogen-bond acceptors (Lipinski definition) is 4. The van der Waals surface area contributed by atoms with E-state index < -0.39 is 0 Å². The van der Waals surface area contributed by atoms with Crippen molar-refractivity contribution >= 4 is 27.8 Å². The summed E-state index contributed by atoms with van der Waals surface area (Å²) in [6, 6.07) is 8.44. The van der Waals surface area contributed by atoms with Gasteiger partial charge in [-0.3, -0.25) is 4.79 Å². The molecule has 1 aromatic heterocycles. The minimum absolute atomic E-state index is 0.0583. The van der Waals surface area contributed by atoms with Crippen LogP contribution in [0.5, 0.6) is 0 Å². The number of anilines is 2. The van der Waals surface area contributed by atoms with Gasteiger partial charge in [0.1, 0.15) is 0 Å². The Morgan fingerprint density at radius 3 is 2.81 bits per heavy atom. The lowest BCUT2D eigenvalue weighted by molar-refractivity contribution is 0.102. The van der Waals surface area contributed by atoms with Crippen LogP contribution in [0.4, 0.5) is 10.7 Å². The number of nitrogens with one attached hydrogen (secondary N) is 1. The molecule has 3 N–H and O–H groups in total. The Balaban J connectivity index is 1.84. The Morgan fingerprint density at radius 1 is 1.43 bits per heavy atom. The smallest absolute Gasteiger partial charge is 0.171 e. The molecule has 1 saturated carbocycles. The molecule has 4 heteroatoms. The summed E-state index contributed by atoms with van der Waals surface area (Å²) in [5, 5.41) is 4.55. The van der Waals surface area contributed by atoms with Crippen molar-refractivity contribution in [1.29, 1.82) is 0 Å². The first-order chi connectivity index (χ1) is 10.1. The molecule has 21 heavy (non-hydrogen) atoms. The number of aryl methyl sites for hydroxylation is 1. The van der Waals surface area contributed by atoms with E-state index in [0.717, 1.165) is 17.1 Å². The maximum absolute atomic E-state index is 11.7. The molecule has 1 heterocycles. The van der Waals surface area contributed by atoms with Gasteiger partial charge in [0.15, 0.2) is 5.78 Å². The number of carbonyl (C=O) groups is 1. The highest BCUT2D eigenvalue weighted by Crippen LogP contribution is 2.50. The number of nitrogen functional groups attached to an aromatic ring is 1. The van der Waals surface area contributed by atoms with Crippen LogP contribution in [0.1, 0.15) is 52.0 Å². The molecule has 1 aliphatic carbocycles. The Labute approximate surface area is 129 Å². The summed E-state index contributed by atoms with van der Waals surface area (Å²) in [4.78, 5) is 12.4. The normalized spacial score (nSPS) is 14.2. The molecule has 0 spiro atoms. The fraction of sp³-hybridized carbons (Fsp3) is 0.353. The van der Waals surface area contributed by atoms with E-state index in [2.05, 4.69) is 36.5 Å². The lowest BCUT2D eigenvalue weighted by Gasteiger charge is -2.08. The van der Waals surface area contributed by atoms with Gasteiger partial charge in [-0.05, 0) is 31.2 Å². The molecule has 0 aliphatic heterocycles. The van der Waals surface area contributed by atoms with Crippen LogP contribution < -0.4 is 11.1 Å². The molecular weight excluding hydrogens is 280 g/mol. The number of hydrogen-bond donors (Lipinski definition) is 2. The first-order valence-electron chi connectivity index (χ1n) is 7.28. The predicted octanol–water partition coefficient (Wildman–Crippen LogP) is 4.33. The lowest BCUT2D eigenvalue weighted by atomic mass is 10.1. The topological polar surface area (TPSA) is 55.1 Å². The van der Waals surface area contributed by atoms with Gasteiger partial charge < -0.3 is 11.1 Å². The maximum Gasteiger partial charge on any atom is 0.171 e. The molecule has 0 saturated heterocycles. The van der Waals surface area contributed by atoms with Gasteiger partial charge in [-0.1, -0.05) is 29.8 Å². The summed E-state index contributed by atoms with van der Waals surface area (Å²) in [5.41, 5.74) is 10.5. The summed E-state index contributed by atoms with van der Waals surface area (Å²) in [7, 11) is 0. The van der Waals surface area contributed by atoms with Crippen LogP contribution in [-0.4, -0.2) is 5.78 Å². The predicted molar refractivity (Wildman–Crippen MR) is 89.2 cm³/mol. The van der Waals surface area contributed by atoms with Crippen molar-refractivity contribution in [3.05, 3.63) is 45.8 Å². The zero-order valence-electron chi connectivity index (χ0n) is 12.4. The molecule has 1 aliphatic rings. The highest BCUT2D eigenvalue weighted by molar-refractivity contribution is 7.18. The molecule has 0 atom stereocenters. The van der Waals surface area contributed by atoms with Crippen molar-refractivity contribution in [2.45, 2.75) is 39.2 Å². The molecule has 1 aromatic carbocycles. The molecule has 0 radical (unpaired) electrons. The molecule has 3 rings (SSSR count). The van der Waals surface area contributed by atoms with E-state index in [-0.39, 0.29) is 5.78 Å². The highest BCUT2D eigenvalue weighted by Gasteiger charge is 2.32. The largest absolute Gasteiger partial charge is 0.397 e. The van der Waals surface area contributed by atoms with Gasteiger partial charge in [0.25, 0.3) is 0 Å². The first-order valence-corrected chi connectivity index (χ1v) is 8.10. The molecule has 3 nitrogen and oxygen atoms in total. The summed E-state index contributed by atoms with van der Waals surface area (Å²) in [6.45, 7) is 4.44. The maximum atomic E-state index is 11.7. The zero-order valence-corrected chi connectivity index (χ0v) is 13.2. The summed E-state index contributed by atoms with van der Waals surface area (Å²) < 4.78 is 0. The molecule has 0 bridgehead atoms. The Morgan fingerprint density at radius 2 is 2.19 bits per heavy atom. The van der Waals surface area contributed by atoms with Gasteiger partial charge in [-0.15, -0.1) is 11.3 Å². The van der Waals surface area contributed by atoms with Gasteiger partial charge in [-0.25, -0.2) is 0 Å². The molecule has 110 valence electrons. The molecule has 0 unspecified atom stereocenters. The van der Waals surface area contributed by atoms with Crippen LogP contribution in [0.2, 0.25) is 0 Å². The van der Waals surface area contributed by atoms with E-state index in [4.69, 9.17) is 5.73 Å². The highest BCUT2D eigenvalue weighted by atomic mass is 32.1. The average molecular weight is 300 g/mol. The Hall–Kier alpha value is -1.81. The quantitative estimate of drug-likeness (QED) is 0.808. The number of benzene rings is 1. The summed E-state index contributed by atoms with van der Waals surface area (Å²) >= 11 is 1.50. The van der Waals surface area contributed by atoms with Crippen LogP contribution in [0.3, 0.4) is 0 Å². The number of carbonyl (C=O) groups excluding carboxylic acids is 1. The van der Waals surface area contributed by atoms with Crippen molar-refractivity contribution in [2.75, 3.05) is 11.1 Å². The van der Waals surface area contributed by atoms with E-state index in [1.807, 2.05) is 0 Å².